The molecule has 3 atom stereocenters. The fraction of sp³-hybridized carbons (Fsp3) is 0.577. The molecule has 1 heterocycles. The maximum Gasteiger partial charge on any atom is 0.305 e. The largest absolute Gasteiger partial charge is 0.469 e. The van der Waals surface area contributed by atoms with Crippen LogP contribution in [0.4, 0.5) is 0 Å². The Morgan fingerprint density at radius 3 is 2.74 bits per heavy atom. The summed E-state index contributed by atoms with van der Waals surface area (Å²) >= 11 is 0. The van der Waals surface area contributed by atoms with Crippen LogP contribution in [0.5, 0.6) is 0 Å². The van der Waals surface area contributed by atoms with E-state index in [0.717, 1.165) is 12.8 Å². The molecule has 0 aromatic heterocycles. The number of esters is 1. The zero-order chi connectivity index (χ0) is 23.0. The zero-order valence-electron chi connectivity index (χ0n) is 19.4. The van der Waals surface area contributed by atoms with Crippen molar-refractivity contribution in [3.05, 3.63) is 48.6 Å². The Balaban J connectivity index is 2.29. The standard InChI is InChI=1S/C26H38O5/c1-5-6-12-19-23-24(31-26(2,3)30-23)20-15-10-8-7-9-13-17-22(27)18-14-11-16-21-25(28)29-4/h6,8,10-12,14-15,20,22-24,27H,5,13,16-19,21H2,1-4H3/b10-8+,12-6-,14-11-,20-15+/t22-,23+,24-/m1/s1. The monoisotopic (exact) mass is 430 g/mol. The second-order valence-electron chi connectivity index (χ2n) is 7.83. The lowest BCUT2D eigenvalue weighted by atomic mass is 10.1. The molecule has 0 aromatic carbocycles. The minimum atomic E-state index is -0.569. The van der Waals surface area contributed by atoms with E-state index in [1.54, 1.807) is 6.08 Å². The first-order valence-electron chi connectivity index (χ1n) is 11.1. The van der Waals surface area contributed by atoms with Crippen LogP contribution in [0.15, 0.2) is 48.6 Å². The highest BCUT2D eigenvalue weighted by molar-refractivity contribution is 5.69. The molecule has 5 heteroatoms. The summed E-state index contributed by atoms with van der Waals surface area (Å²) in [4.78, 5) is 11.0. The minimum absolute atomic E-state index is 0.0181. The number of allylic oxidation sites excluding steroid dienone is 5. The molecule has 0 saturated carbocycles. The highest BCUT2D eigenvalue weighted by atomic mass is 16.7. The fourth-order valence-corrected chi connectivity index (χ4v) is 3.04. The first-order valence-corrected chi connectivity index (χ1v) is 11.1. The van der Waals surface area contributed by atoms with E-state index in [-0.39, 0.29) is 18.2 Å². The van der Waals surface area contributed by atoms with Crippen LogP contribution < -0.4 is 0 Å². The van der Waals surface area contributed by atoms with Gasteiger partial charge < -0.3 is 19.3 Å². The molecule has 0 aliphatic carbocycles. The van der Waals surface area contributed by atoms with Gasteiger partial charge in [0, 0.05) is 12.8 Å². The Morgan fingerprint density at radius 1 is 1.19 bits per heavy atom. The Morgan fingerprint density at radius 2 is 2.00 bits per heavy atom. The quantitative estimate of drug-likeness (QED) is 0.204. The van der Waals surface area contributed by atoms with Crippen LogP contribution in [0.3, 0.4) is 0 Å². The number of rotatable bonds is 12. The predicted octanol–water partition coefficient (Wildman–Crippen LogP) is 5.02. The molecule has 31 heavy (non-hydrogen) atoms. The maximum atomic E-state index is 11.0. The first kappa shape index (κ1) is 26.9. The van der Waals surface area contributed by atoms with Crippen LogP contribution in [0.1, 0.15) is 65.7 Å². The van der Waals surface area contributed by atoms with Crippen molar-refractivity contribution in [2.75, 3.05) is 7.11 Å². The summed E-state index contributed by atoms with van der Waals surface area (Å²) in [5, 5.41) is 9.94. The van der Waals surface area contributed by atoms with Gasteiger partial charge in [-0.3, -0.25) is 4.79 Å². The van der Waals surface area contributed by atoms with Crippen molar-refractivity contribution in [2.45, 2.75) is 89.8 Å². The minimum Gasteiger partial charge on any atom is -0.469 e. The van der Waals surface area contributed by atoms with E-state index in [0.29, 0.717) is 32.1 Å². The highest BCUT2D eigenvalue weighted by Crippen LogP contribution is 2.30. The molecule has 1 saturated heterocycles. The third-order valence-electron chi connectivity index (χ3n) is 4.61. The van der Waals surface area contributed by atoms with Gasteiger partial charge in [-0.15, -0.1) is 0 Å². The molecule has 0 aromatic rings. The van der Waals surface area contributed by atoms with Gasteiger partial charge in [0.2, 0.25) is 0 Å². The SMILES string of the molecule is CC/C=C\C[C@@H]1OC(C)(C)O[C@@H]1/C=C/C=C/C#CCC[C@@H](O)C/C=C\CCC(=O)OC. The Bertz CT molecular complexity index is 690. The Hall–Kier alpha value is -2.13. The molecule has 0 radical (unpaired) electrons. The van der Waals surface area contributed by atoms with Crippen molar-refractivity contribution in [1.82, 2.24) is 0 Å². The Kier molecular flexibility index (Phi) is 13.6. The highest BCUT2D eigenvalue weighted by Gasteiger charge is 2.38. The summed E-state index contributed by atoms with van der Waals surface area (Å²) in [7, 11) is 1.38. The van der Waals surface area contributed by atoms with E-state index in [1.807, 2.05) is 44.2 Å². The lowest BCUT2D eigenvalue weighted by Crippen LogP contribution is -2.21. The van der Waals surface area contributed by atoms with E-state index in [2.05, 4.69) is 35.7 Å². The summed E-state index contributed by atoms with van der Waals surface area (Å²) in [5.74, 6) is 5.24. The van der Waals surface area contributed by atoms with Gasteiger partial charge in [0.05, 0.1) is 19.3 Å². The predicted molar refractivity (Wildman–Crippen MR) is 124 cm³/mol. The van der Waals surface area contributed by atoms with Gasteiger partial charge in [-0.1, -0.05) is 61.3 Å². The molecule has 1 aliphatic heterocycles. The summed E-state index contributed by atoms with van der Waals surface area (Å²) < 4.78 is 16.5. The number of methoxy groups -OCH3 is 1. The average Bonchev–Trinajstić information content (AvgIpc) is 3.03. The normalized spacial score (nSPS) is 21.8. The molecular weight excluding hydrogens is 392 g/mol. The second-order valence-corrected chi connectivity index (χ2v) is 7.83. The summed E-state index contributed by atoms with van der Waals surface area (Å²) in [6.07, 6.45) is 19.9. The fourth-order valence-electron chi connectivity index (χ4n) is 3.04. The van der Waals surface area contributed by atoms with Gasteiger partial charge >= 0.3 is 5.97 Å². The summed E-state index contributed by atoms with van der Waals surface area (Å²) in [6.45, 7) is 5.99. The van der Waals surface area contributed by atoms with Gasteiger partial charge in [-0.25, -0.2) is 0 Å². The van der Waals surface area contributed by atoms with Crippen LogP contribution in [-0.4, -0.2) is 42.3 Å². The number of ether oxygens (including phenoxy) is 3. The van der Waals surface area contributed by atoms with E-state index in [4.69, 9.17) is 9.47 Å². The number of carbonyl (C=O) groups excluding carboxylic acids is 1. The van der Waals surface area contributed by atoms with E-state index in [9.17, 15) is 9.90 Å². The molecule has 1 aliphatic rings. The third kappa shape index (κ3) is 13.0. The molecule has 1 rings (SSSR count). The smallest absolute Gasteiger partial charge is 0.305 e. The van der Waals surface area contributed by atoms with Crippen LogP contribution in [0.2, 0.25) is 0 Å². The number of aliphatic hydroxyl groups excluding tert-OH is 1. The topological polar surface area (TPSA) is 65.0 Å². The first-order chi connectivity index (χ1) is 14.9. The van der Waals surface area contributed by atoms with Crippen LogP contribution in [0, 0.1) is 11.8 Å². The van der Waals surface area contributed by atoms with Crippen molar-refractivity contribution < 1.29 is 24.1 Å². The molecule has 0 spiro atoms. The summed E-state index contributed by atoms with van der Waals surface area (Å²) in [6, 6.07) is 0. The van der Waals surface area contributed by atoms with Gasteiger partial charge in [-0.2, -0.15) is 0 Å². The Labute approximate surface area is 187 Å². The summed E-state index contributed by atoms with van der Waals surface area (Å²) in [5.41, 5.74) is 0. The van der Waals surface area contributed by atoms with Crippen LogP contribution >= 0.6 is 0 Å². The van der Waals surface area contributed by atoms with E-state index < -0.39 is 11.9 Å². The number of hydrogen-bond acceptors (Lipinski definition) is 5. The second kappa shape index (κ2) is 15.6. The van der Waals surface area contributed by atoms with Gasteiger partial charge in [-0.05, 0) is 52.0 Å². The zero-order valence-corrected chi connectivity index (χ0v) is 19.4. The number of aliphatic hydroxyl groups is 1. The van der Waals surface area contributed by atoms with Crippen LogP contribution in [0.25, 0.3) is 0 Å². The molecule has 5 nitrogen and oxygen atoms in total. The van der Waals surface area contributed by atoms with Crippen molar-refractivity contribution in [3.8, 4) is 11.8 Å². The van der Waals surface area contributed by atoms with Crippen molar-refractivity contribution in [3.63, 3.8) is 0 Å². The maximum absolute atomic E-state index is 11.0. The number of hydrogen-bond donors (Lipinski definition) is 1. The molecule has 1 N–H and O–H groups in total. The molecule has 0 amide bonds. The van der Waals surface area contributed by atoms with Crippen molar-refractivity contribution >= 4 is 5.97 Å². The van der Waals surface area contributed by atoms with Crippen molar-refractivity contribution in [1.29, 1.82) is 0 Å². The van der Waals surface area contributed by atoms with Gasteiger partial charge in [0.1, 0.15) is 6.10 Å². The molecule has 1 fully saturated rings. The molecule has 0 bridgehead atoms. The molecule has 0 unspecified atom stereocenters. The van der Waals surface area contributed by atoms with Gasteiger partial charge in [0.25, 0.3) is 0 Å². The molecular formula is C26H38O5. The van der Waals surface area contributed by atoms with Crippen LogP contribution in [-0.2, 0) is 19.0 Å². The molecule has 172 valence electrons. The van der Waals surface area contributed by atoms with Gasteiger partial charge in [0.15, 0.2) is 5.79 Å². The lowest BCUT2D eigenvalue weighted by Gasteiger charge is -2.16. The third-order valence-corrected chi connectivity index (χ3v) is 4.61. The lowest BCUT2D eigenvalue weighted by molar-refractivity contribution is -0.142. The van der Waals surface area contributed by atoms with Crippen molar-refractivity contribution in [2.24, 2.45) is 0 Å². The number of carbonyl (C=O) groups is 1. The van der Waals surface area contributed by atoms with E-state index in [1.165, 1.54) is 7.11 Å². The van der Waals surface area contributed by atoms with E-state index >= 15 is 0 Å². The average molecular weight is 431 g/mol.